The molecule has 3 aromatic rings. The van der Waals surface area contributed by atoms with Crippen LogP contribution in [0.4, 0.5) is 0 Å². The Balaban J connectivity index is 0.00000320. The second kappa shape index (κ2) is 11.9. The molecule has 0 saturated heterocycles. The Morgan fingerprint density at radius 1 is 1.17 bits per heavy atom. The van der Waals surface area contributed by atoms with E-state index in [9.17, 15) is 0 Å². The normalized spacial score (nSPS) is 12.2. The van der Waals surface area contributed by atoms with Gasteiger partial charge in [0, 0.05) is 11.9 Å². The lowest BCUT2D eigenvalue weighted by molar-refractivity contribution is 0.222. The fraction of sp³-hybridized carbons (Fsp3) is 0.381. The van der Waals surface area contributed by atoms with Gasteiger partial charge >= 0.3 is 0 Å². The van der Waals surface area contributed by atoms with Crippen LogP contribution < -0.4 is 15.4 Å². The first-order valence-electron chi connectivity index (χ1n) is 9.64. The fourth-order valence-electron chi connectivity index (χ4n) is 2.68. The molecule has 3 rings (SSSR count). The van der Waals surface area contributed by atoms with E-state index in [4.69, 9.17) is 4.74 Å². The van der Waals surface area contributed by atoms with Gasteiger partial charge in [-0.25, -0.2) is 4.99 Å². The number of thiophene rings is 1. The highest BCUT2D eigenvalue weighted by atomic mass is 127. The summed E-state index contributed by atoms with van der Waals surface area (Å²) in [6.07, 6.45) is -0.0121. The maximum atomic E-state index is 6.06. The van der Waals surface area contributed by atoms with Crippen LogP contribution >= 0.6 is 35.3 Å². The van der Waals surface area contributed by atoms with Crippen molar-refractivity contribution >= 4 is 41.3 Å². The molecular formula is C21H29IN6OS. The topological polar surface area (TPSA) is 76.4 Å². The van der Waals surface area contributed by atoms with Crippen LogP contribution in [0.3, 0.4) is 0 Å². The average molecular weight is 540 g/mol. The summed E-state index contributed by atoms with van der Waals surface area (Å²) in [5.41, 5.74) is 1.13. The first-order chi connectivity index (χ1) is 14.0. The number of hydrogen-bond acceptors (Lipinski definition) is 5. The van der Waals surface area contributed by atoms with Gasteiger partial charge in [0.1, 0.15) is 24.2 Å². The van der Waals surface area contributed by atoms with Gasteiger partial charge < -0.3 is 19.9 Å². The number of rotatable bonds is 8. The summed E-state index contributed by atoms with van der Waals surface area (Å²) in [6, 6.07) is 12.2. The van der Waals surface area contributed by atoms with Crippen LogP contribution in [-0.2, 0) is 20.1 Å². The molecule has 0 amide bonds. The van der Waals surface area contributed by atoms with Crippen LogP contribution in [0.2, 0.25) is 0 Å². The van der Waals surface area contributed by atoms with Crippen molar-refractivity contribution in [3.63, 3.8) is 0 Å². The SMILES string of the molecule is Cc1ccccc1OC(C)CNC(=NCc1nnc(C)n1C)NCc1cccs1.I. The van der Waals surface area contributed by atoms with Gasteiger partial charge in [0.2, 0.25) is 0 Å². The van der Waals surface area contributed by atoms with Crippen molar-refractivity contribution in [2.24, 2.45) is 12.0 Å². The summed E-state index contributed by atoms with van der Waals surface area (Å²) in [5, 5.41) is 17.1. The molecule has 2 heterocycles. The number of aliphatic imine (C=N–C) groups is 1. The number of hydrogen-bond donors (Lipinski definition) is 2. The predicted molar refractivity (Wildman–Crippen MR) is 133 cm³/mol. The van der Waals surface area contributed by atoms with Gasteiger partial charge in [0.25, 0.3) is 0 Å². The lowest BCUT2D eigenvalue weighted by Crippen LogP contribution is -2.41. The molecular weight excluding hydrogens is 511 g/mol. The molecule has 162 valence electrons. The van der Waals surface area contributed by atoms with E-state index < -0.39 is 0 Å². The Labute approximate surface area is 199 Å². The summed E-state index contributed by atoms with van der Waals surface area (Å²) in [4.78, 5) is 5.93. The van der Waals surface area contributed by atoms with Crippen LogP contribution in [0.5, 0.6) is 5.75 Å². The summed E-state index contributed by atoms with van der Waals surface area (Å²) in [5.74, 6) is 3.32. The highest BCUT2D eigenvalue weighted by Crippen LogP contribution is 2.17. The number of guanidine groups is 1. The van der Waals surface area contributed by atoms with E-state index in [1.807, 2.05) is 62.7 Å². The Hall–Kier alpha value is -2.14. The molecule has 2 aromatic heterocycles. The van der Waals surface area contributed by atoms with Crippen LogP contribution in [0.25, 0.3) is 0 Å². The predicted octanol–water partition coefficient (Wildman–Crippen LogP) is 3.81. The van der Waals surface area contributed by atoms with Crippen LogP contribution in [0.1, 0.15) is 29.0 Å². The minimum Gasteiger partial charge on any atom is -0.489 e. The molecule has 0 aliphatic heterocycles. The molecule has 0 aliphatic rings. The van der Waals surface area contributed by atoms with E-state index in [0.29, 0.717) is 19.6 Å². The monoisotopic (exact) mass is 540 g/mol. The molecule has 1 unspecified atom stereocenters. The maximum absolute atomic E-state index is 6.06. The summed E-state index contributed by atoms with van der Waals surface area (Å²) in [7, 11) is 1.95. The third-order valence-corrected chi connectivity index (χ3v) is 5.43. The number of ether oxygens (including phenoxy) is 1. The summed E-state index contributed by atoms with van der Waals surface area (Å²) < 4.78 is 8.01. The van der Waals surface area contributed by atoms with Crippen LogP contribution in [-0.4, -0.2) is 33.4 Å². The quantitative estimate of drug-likeness (QED) is 0.258. The number of benzene rings is 1. The van der Waals surface area contributed by atoms with E-state index in [1.54, 1.807) is 11.3 Å². The van der Waals surface area contributed by atoms with Crippen molar-refractivity contribution in [3.05, 3.63) is 63.9 Å². The molecule has 2 N–H and O–H groups in total. The highest BCUT2D eigenvalue weighted by Gasteiger charge is 2.09. The smallest absolute Gasteiger partial charge is 0.192 e. The van der Waals surface area contributed by atoms with Crippen molar-refractivity contribution < 1.29 is 4.74 Å². The number of para-hydroxylation sites is 1. The van der Waals surface area contributed by atoms with E-state index in [1.165, 1.54) is 4.88 Å². The third-order valence-electron chi connectivity index (χ3n) is 4.55. The Morgan fingerprint density at radius 2 is 1.97 bits per heavy atom. The highest BCUT2D eigenvalue weighted by molar-refractivity contribution is 14.0. The number of nitrogens with one attached hydrogen (secondary N) is 2. The van der Waals surface area contributed by atoms with Gasteiger partial charge in [-0.2, -0.15) is 0 Å². The molecule has 1 atom stereocenters. The Morgan fingerprint density at radius 3 is 2.63 bits per heavy atom. The van der Waals surface area contributed by atoms with Crippen molar-refractivity contribution in [2.75, 3.05) is 6.54 Å². The second-order valence-electron chi connectivity index (χ2n) is 6.90. The largest absolute Gasteiger partial charge is 0.489 e. The summed E-state index contributed by atoms with van der Waals surface area (Å²) in [6.45, 7) is 7.82. The molecule has 0 bridgehead atoms. The van der Waals surface area contributed by atoms with Crippen molar-refractivity contribution in [1.82, 2.24) is 25.4 Å². The zero-order chi connectivity index (χ0) is 20.6. The third kappa shape index (κ3) is 6.98. The fourth-order valence-corrected chi connectivity index (χ4v) is 3.33. The second-order valence-corrected chi connectivity index (χ2v) is 7.93. The molecule has 0 aliphatic carbocycles. The standard InChI is InChI=1S/C21H28N6OS.HI/c1-15-8-5-6-10-19(15)28-16(2)12-22-21(23-13-18-9-7-11-29-18)24-14-20-26-25-17(3)27(20)4;/h5-11,16H,12-14H2,1-4H3,(H2,22,23,24);1H. The van der Waals surface area contributed by atoms with E-state index in [-0.39, 0.29) is 30.1 Å². The first kappa shape index (κ1) is 24.1. The minimum absolute atomic E-state index is 0. The number of aryl methyl sites for hydroxylation is 2. The molecule has 0 spiro atoms. The number of halogens is 1. The lowest BCUT2D eigenvalue weighted by atomic mass is 10.2. The van der Waals surface area contributed by atoms with E-state index >= 15 is 0 Å². The van der Waals surface area contributed by atoms with Crippen LogP contribution in [0.15, 0.2) is 46.8 Å². The molecule has 7 nitrogen and oxygen atoms in total. The molecule has 0 saturated carbocycles. The van der Waals surface area contributed by atoms with Gasteiger partial charge in [-0.3, -0.25) is 0 Å². The minimum atomic E-state index is -0.0121. The van der Waals surface area contributed by atoms with Gasteiger partial charge in [-0.15, -0.1) is 45.5 Å². The Kier molecular flexibility index (Phi) is 9.57. The molecule has 9 heteroatoms. The number of aromatic nitrogens is 3. The lowest BCUT2D eigenvalue weighted by Gasteiger charge is -2.19. The first-order valence-corrected chi connectivity index (χ1v) is 10.5. The van der Waals surface area contributed by atoms with E-state index in [2.05, 4.69) is 37.3 Å². The van der Waals surface area contributed by atoms with E-state index in [0.717, 1.165) is 28.9 Å². The molecule has 0 radical (unpaired) electrons. The van der Waals surface area contributed by atoms with Gasteiger partial charge in [0.05, 0.1) is 13.1 Å². The maximum Gasteiger partial charge on any atom is 0.192 e. The zero-order valence-electron chi connectivity index (χ0n) is 17.8. The molecule has 1 aromatic carbocycles. The number of nitrogens with zero attached hydrogens (tertiary/aromatic N) is 4. The Bertz CT molecular complexity index is 941. The van der Waals surface area contributed by atoms with Crippen molar-refractivity contribution in [1.29, 1.82) is 0 Å². The van der Waals surface area contributed by atoms with Gasteiger partial charge in [0.15, 0.2) is 11.8 Å². The molecule has 30 heavy (non-hydrogen) atoms. The van der Waals surface area contributed by atoms with Crippen LogP contribution in [0, 0.1) is 13.8 Å². The van der Waals surface area contributed by atoms with Gasteiger partial charge in [-0.1, -0.05) is 24.3 Å². The average Bonchev–Trinajstić information content (AvgIpc) is 3.34. The van der Waals surface area contributed by atoms with Crippen molar-refractivity contribution in [3.8, 4) is 5.75 Å². The zero-order valence-corrected chi connectivity index (χ0v) is 20.9. The molecule has 0 fully saturated rings. The van der Waals surface area contributed by atoms with Gasteiger partial charge in [-0.05, 0) is 43.8 Å². The summed E-state index contributed by atoms with van der Waals surface area (Å²) >= 11 is 1.72. The van der Waals surface area contributed by atoms with Crippen molar-refractivity contribution in [2.45, 2.75) is 40.0 Å².